The molecule has 4 rings (SSSR count). The number of nitrogens with one attached hydrogen (secondary N) is 1. The second kappa shape index (κ2) is 8.14. The molecule has 1 aliphatic carbocycles. The minimum absolute atomic E-state index is 0.0203. The number of hydrogen-bond donors (Lipinski definition) is 1. The van der Waals surface area contributed by atoms with Crippen molar-refractivity contribution in [1.29, 1.82) is 0 Å². The van der Waals surface area contributed by atoms with Gasteiger partial charge in [0.05, 0.1) is 6.04 Å². The van der Waals surface area contributed by atoms with Crippen LogP contribution in [-0.2, 0) is 4.79 Å². The number of carbonyl (C=O) groups is 1. The molecule has 3 aromatic rings. The zero-order valence-electron chi connectivity index (χ0n) is 16.1. The van der Waals surface area contributed by atoms with Gasteiger partial charge in [0, 0.05) is 28.3 Å². The van der Waals surface area contributed by atoms with Crippen LogP contribution >= 0.6 is 11.8 Å². The third kappa shape index (κ3) is 4.42. The van der Waals surface area contributed by atoms with Crippen LogP contribution in [0.15, 0.2) is 47.4 Å². The number of aryl methyl sites for hydroxylation is 2. The molecule has 7 heteroatoms. The average molecular weight is 394 g/mol. The van der Waals surface area contributed by atoms with E-state index >= 15 is 0 Å². The molecule has 28 heavy (non-hydrogen) atoms. The number of aromatic nitrogens is 4. The van der Waals surface area contributed by atoms with Gasteiger partial charge in [-0.25, -0.2) is 4.68 Å². The summed E-state index contributed by atoms with van der Waals surface area (Å²) in [6, 6.07) is 14.5. The summed E-state index contributed by atoms with van der Waals surface area (Å²) >= 11 is 1.71. The number of amides is 1. The van der Waals surface area contributed by atoms with E-state index in [-0.39, 0.29) is 5.91 Å². The first-order valence-corrected chi connectivity index (χ1v) is 10.5. The minimum Gasteiger partial charge on any atom is -0.326 e. The molecule has 1 aliphatic rings. The summed E-state index contributed by atoms with van der Waals surface area (Å²) in [7, 11) is 0. The van der Waals surface area contributed by atoms with Gasteiger partial charge in [-0.15, -0.1) is 16.9 Å². The highest BCUT2D eigenvalue weighted by Crippen LogP contribution is 2.36. The zero-order chi connectivity index (χ0) is 19.5. The first-order chi connectivity index (χ1) is 13.6. The molecular weight excluding hydrogens is 370 g/mol. The molecule has 1 N–H and O–H groups in total. The normalized spacial score (nSPS) is 13.5. The minimum atomic E-state index is 0.0203. The Bertz CT molecular complexity index is 979. The molecule has 1 amide bonds. The third-order valence-corrected chi connectivity index (χ3v) is 5.88. The highest BCUT2D eigenvalue weighted by Gasteiger charge is 2.28. The summed E-state index contributed by atoms with van der Waals surface area (Å²) < 4.78 is 1.89. The molecule has 6 nitrogen and oxygen atoms in total. The third-order valence-electron chi connectivity index (χ3n) is 4.89. The Morgan fingerprint density at radius 2 is 1.93 bits per heavy atom. The predicted molar refractivity (Wildman–Crippen MR) is 111 cm³/mol. The van der Waals surface area contributed by atoms with Gasteiger partial charge in [-0.3, -0.25) is 4.79 Å². The van der Waals surface area contributed by atoms with Crippen molar-refractivity contribution in [2.24, 2.45) is 0 Å². The summed E-state index contributed by atoms with van der Waals surface area (Å²) in [5.41, 5.74) is 4.31. The van der Waals surface area contributed by atoms with Gasteiger partial charge >= 0.3 is 0 Å². The summed E-state index contributed by atoms with van der Waals surface area (Å²) in [4.78, 5) is 13.4. The van der Waals surface area contributed by atoms with Gasteiger partial charge in [-0.05, 0) is 84.6 Å². The molecule has 1 fully saturated rings. The standard InChI is InChI=1S/C21H23N5OS/c1-14-3-10-19(13-15(14)2)28-12-11-20(27)22-17-6-4-16(5-7-17)21-23-24-25-26(21)18-8-9-18/h3-7,10,13,18H,8-9,11-12H2,1-2H3,(H,22,27). The van der Waals surface area contributed by atoms with E-state index in [9.17, 15) is 4.79 Å². The van der Waals surface area contributed by atoms with E-state index in [1.165, 1.54) is 16.0 Å². The van der Waals surface area contributed by atoms with Crippen LogP contribution < -0.4 is 5.32 Å². The van der Waals surface area contributed by atoms with E-state index in [0.29, 0.717) is 12.5 Å². The van der Waals surface area contributed by atoms with E-state index in [1.54, 1.807) is 11.8 Å². The Labute approximate surface area is 168 Å². The van der Waals surface area contributed by atoms with E-state index < -0.39 is 0 Å². The van der Waals surface area contributed by atoms with Crippen molar-refractivity contribution < 1.29 is 4.79 Å². The molecule has 0 bridgehead atoms. The van der Waals surface area contributed by atoms with Gasteiger partial charge in [0.2, 0.25) is 5.91 Å². The Balaban J connectivity index is 1.29. The number of anilines is 1. The second-order valence-corrected chi connectivity index (χ2v) is 8.32. The van der Waals surface area contributed by atoms with E-state index in [1.807, 2.05) is 28.9 Å². The van der Waals surface area contributed by atoms with Crippen LogP contribution in [0.1, 0.15) is 36.4 Å². The van der Waals surface area contributed by atoms with Crippen molar-refractivity contribution in [1.82, 2.24) is 20.2 Å². The van der Waals surface area contributed by atoms with Gasteiger partial charge in [0.1, 0.15) is 0 Å². The van der Waals surface area contributed by atoms with Gasteiger partial charge < -0.3 is 5.32 Å². The Morgan fingerprint density at radius 3 is 2.64 bits per heavy atom. The lowest BCUT2D eigenvalue weighted by molar-refractivity contribution is -0.115. The summed E-state index contributed by atoms with van der Waals surface area (Å²) in [5, 5.41) is 15.0. The first-order valence-electron chi connectivity index (χ1n) is 9.48. The quantitative estimate of drug-likeness (QED) is 0.602. The van der Waals surface area contributed by atoms with Crippen LogP contribution in [0.4, 0.5) is 5.69 Å². The predicted octanol–water partition coefficient (Wildman–Crippen LogP) is 4.41. The summed E-state index contributed by atoms with van der Waals surface area (Å²) in [6.07, 6.45) is 2.73. The number of hydrogen-bond acceptors (Lipinski definition) is 5. The largest absolute Gasteiger partial charge is 0.326 e. The van der Waals surface area contributed by atoms with Crippen molar-refractivity contribution in [3.8, 4) is 11.4 Å². The number of nitrogens with zero attached hydrogens (tertiary/aromatic N) is 4. The number of benzene rings is 2. The fourth-order valence-corrected chi connectivity index (χ4v) is 3.89. The molecular formula is C21H23N5OS. The molecule has 0 aliphatic heterocycles. The molecule has 2 aromatic carbocycles. The molecule has 1 aromatic heterocycles. The Morgan fingerprint density at radius 1 is 1.14 bits per heavy atom. The van der Waals surface area contributed by atoms with Crippen LogP contribution in [0.5, 0.6) is 0 Å². The van der Waals surface area contributed by atoms with Crippen LogP contribution in [0.2, 0.25) is 0 Å². The molecule has 1 heterocycles. The lowest BCUT2D eigenvalue weighted by Gasteiger charge is -2.08. The van der Waals surface area contributed by atoms with E-state index in [4.69, 9.17) is 0 Å². The molecule has 1 saturated carbocycles. The maximum atomic E-state index is 12.2. The zero-order valence-corrected chi connectivity index (χ0v) is 16.9. The lowest BCUT2D eigenvalue weighted by atomic mass is 10.1. The average Bonchev–Trinajstić information content (AvgIpc) is 3.42. The van der Waals surface area contributed by atoms with Crippen molar-refractivity contribution in [3.05, 3.63) is 53.6 Å². The highest BCUT2D eigenvalue weighted by atomic mass is 32.2. The number of thioether (sulfide) groups is 1. The SMILES string of the molecule is Cc1ccc(SCCC(=O)Nc2ccc(-c3nnnn3C3CC3)cc2)cc1C. The van der Waals surface area contributed by atoms with Crippen LogP contribution in [0, 0.1) is 13.8 Å². The summed E-state index contributed by atoms with van der Waals surface area (Å²) in [6.45, 7) is 4.22. The lowest BCUT2D eigenvalue weighted by Crippen LogP contribution is -2.12. The van der Waals surface area contributed by atoms with Gasteiger partial charge in [-0.2, -0.15) is 0 Å². The van der Waals surface area contributed by atoms with Gasteiger partial charge in [0.25, 0.3) is 0 Å². The van der Waals surface area contributed by atoms with Crippen LogP contribution in [-0.4, -0.2) is 31.9 Å². The second-order valence-electron chi connectivity index (χ2n) is 7.15. The highest BCUT2D eigenvalue weighted by molar-refractivity contribution is 7.99. The van der Waals surface area contributed by atoms with Crippen molar-refractivity contribution in [3.63, 3.8) is 0 Å². The number of rotatable bonds is 7. The fourth-order valence-electron chi connectivity index (χ4n) is 2.94. The molecule has 0 atom stereocenters. The van der Waals surface area contributed by atoms with Crippen molar-refractivity contribution >= 4 is 23.4 Å². The number of tetrazole rings is 1. The number of carbonyl (C=O) groups excluding carboxylic acids is 1. The van der Waals surface area contributed by atoms with Crippen molar-refractivity contribution in [2.45, 2.75) is 44.0 Å². The van der Waals surface area contributed by atoms with Crippen LogP contribution in [0.25, 0.3) is 11.4 Å². The van der Waals surface area contributed by atoms with E-state index in [2.05, 4.69) is 52.9 Å². The molecule has 0 spiro atoms. The van der Waals surface area contributed by atoms with Gasteiger partial charge in [-0.1, -0.05) is 6.07 Å². The van der Waals surface area contributed by atoms with Crippen molar-refractivity contribution in [2.75, 3.05) is 11.1 Å². The Kier molecular flexibility index (Phi) is 5.43. The molecule has 0 radical (unpaired) electrons. The monoisotopic (exact) mass is 393 g/mol. The Hall–Kier alpha value is -2.67. The maximum Gasteiger partial charge on any atom is 0.225 e. The van der Waals surface area contributed by atoms with E-state index in [0.717, 1.165) is 35.7 Å². The first kappa shape index (κ1) is 18.7. The molecule has 0 unspecified atom stereocenters. The topological polar surface area (TPSA) is 72.7 Å². The maximum absolute atomic E-state index is 12.2. The summed E-state index contributed by atoms with van der Waals surface area (Å²) in [5.74, 6) is 1.56. The van der Waals surface area contributed by atoms with Gasteiger partial charge in [0.15, 0.2) is 5.82 Å². The fraction of sp³-hybridized carbons (Fsp3) is 0.333. The smallest absolute Gasteiger partial charge is 0.225 e. The molecule has 0 saturated heterocycles. The van der Waals surface area contributed by atoms with Crippen LogP contribution in [0.3, 0.4) is 0 Å². The molecule has 144 valence electrons.